The second-order valence-corrected chi connectivity index (χ2v) is 6.04. The monoisotopic (exact) mass is 278 g/mol. The first-order chi connectivity index (χ1) is 9.22. The van der Waals surface area contributed by atoms with E-state index in [9.17, 15) is 4.79 Å². The van der Waals surface area contributed by atoms with E-state index in [1.165, 1.54) is 25.7 Å². The number of rotatable bonds is 2. The third-order valence-corrected chi connectivity index (χ3v) is 4.51. The number of anilines is 1. The molecule has 4 heteroatoms. The van der Waals surface area contributed by atoms with Gasteiger partial charge in [-0.15, -0.1) is 0 Å². The van der Waals surface area contributed by atoms with Crippen molar-refractivity contribution in [1.29, 1.82) is 0 Å². The number of halogens is 1. The Morgan fingerprint density at radius 1 is 1.32 bits per heavy atom. The van der Waals surface area contributed by atoms with Crippen LogP contribution in [0.2, 0.25) is 5.02 Å². The minimum atomic E-state index is -0.0490. The lowest BCUT2D eigenvalue weighted by atomic mass is 9.85. The first kappa shape index (κ1) is 12.9. The maximum atomic E-state index is 12.3. The van der Waals surface area contributed by atoms with Crippen LogP contribution in [0, 0.1) is 5.92 Å². The first-order valence-corrected chi connectivity index (χ1v) is 7.42. The summed E-state index contributed by atoms with van der Waals surface area (Å²) in [7, 11) is 0. The smallest absolute Gasteiger partial charge is 0.241 e. The van der Waals surface area contributed by atoms with Crippen LogP contribution in [0.5, 0.6) is 0 Å². The summed E-state index contributed by atoms with van der Waals surface area (Å²) in [6.45, 7) is 0. The molecule has 3 unspecified atom stereocenters. The summed E-state index contributed by atoms with van der Waals surface area (Å²) < 4.78 is 0. The Hall–Kier alpha value is -1.06. The lowest BCUT2D eigenvalue weighted by Gasteiger charge is -2.24. The van der Waals surface area contributed by atoms with Gasteiger partial charge < -0.3 is 10.6 Å². The van der Waals surface area contributed by atoms with Crippen LogP contribution in [0.15, 0.2) is 24.3 Å². The number of benzene rings is 1. The molecule has 1 aliphatic heterocycles. The number of carbonyl (C=O) groups excluding carboxylic acids is 1. The molecule has 19 heavy (non-hydrogen) atoms. The summed E-state index contributed by atoms with van der Waals surface area (Å²) in [6, 6.07) is 7.79. The lowest BCUT2D eigenvalue weighted by molar-refractivity contribution is -0.117. The van der Waals surface area contributed by atoms with Gasteiger partial charge in [-0.05, 0) is 43.4 Å². The van der Waals surface area contributed by atoms with Gasteiger partial charge in [0.1, 0.15) is 0 Å². The van der Waals surface area contributed by atoms with Gasteiger partial charge in [-0.2, -0.15) is 0 Å². The van der Waals surface area contributed by atoms with Crippen molar-refractivity contribution in [3.63, 3.8) is 0 Å². The number of hydrogen-bond acceptors (Lipinski definition) is 2. The Morgan fingerprint density at radius 3 is 2.95 bits per heavy atom. The molecule has 0 radical (unpaired) electrons. The van der Waals surface area contributed by atoms with E-state index in [1.54, 1.807) is 12.1 Å². The van der Waals surface area contributed by atoms with Gasteiger partial charge in [-0.1, -0.05) is 30.5 Å². The van der Waals surface area contributed by atoms with E-state index in [2.05, 4.69) is 10.6 Å². The Morgan fingerprint density at radius 2 is 2.16 bits per heavy atom. The first-order valence-electron chi connectivity index (χ1n) is 7.05. The maximum absolute atomic E-state index is 12.3. The molecule has 1 aromatic rings. The Kier molecular flexibility index (Phi) is 3.76. The molecule has 3 rings (SSSR count). The van der Waals surface area contributed by atoms with Crippen molar-refractivity contribution in [3.05, 3.63) is 29.3 Å². The Labute approximate surface area is 118 Å². The standard InChI is InChI=1S/C15H19ClN2O/c16-11-5-3-6-12(9-11)17-15(19)14-8-10-4-1-2-7-13(10)18-14/h3,5-6,9-10,13-14,18H,1-2,4,7-8H2,(H,17,19). The van der Waals surface area contributed by atoms with Gasteiger partial charge in [0, 0.05) is 16.8 Å². The van der Waals surface area contributed by atoms with Crippen LogP contribution in [0.4, 0.5) is 5.69 Å². The number of hydrogen-bond donors (Lipinski definition) is 2. The van der Waals surface area contributed by atoms with Crippen LogP contribution in [-0.2, 0) is 4.79 Å². The van der Waals surface area contributed by atoms with Gasteiger partial charge in [0.05, 0.1) is 6.04 Å². The van der Waals surface area contributed by atoms with E-state index in [0.717, 1.165) is 12.1 Å². The van der Waals surface area contributed by atoms with E-state index in [4.69, 9.17) is 11.6 Å². The number of carbonyl (C=O) groups is 1. The molecular weight excluding hydrogens is 260 g/mol. The Balaban J connectivity index is 1.62. The topological polar surface area (TPSA) is 41.1 Å². The molecular formula is C15H19ClN2O. The molecule has 2 N–H and O–H groups in total. The van der Waals surface area contributed by atoms with Gasteiger partial charge in [-0.3, -0.25) is 4.79 Å². The molecule has 1 aliphatic carbocycles. The summed E-state index contributed by atoms with van der Waals surface area (Å²) in [6.07, 6.45) is 6.05. The Bertz CT molecular complexity index is 463. The molecule has 1 aromatic carbocycles. The molecule has 0 bridgehead atoms. The molecule has 102 valence electrons. The van der Waals surface area contributed by atoms with Crippen LogP contribution < -0.4 is 10.6 Å². The maximum Gasteiger partial charge on any atom is 0.241 e. The van der Waals surface area contributed by atoms with Crippen molar-refractivity contribution in [2.24, 2.45) is 5.92 Å². The summed E-state index contributed by atoms with van der Waals surface area (Å²) in [5, 5.41) is 7.08. The molecule has 2 aliphatic rings. The SMILES string of the molecule is O=C(Nc1cccc(Cl)c1)C1CC2CCCCC2N1. The number of fused-ring (bicyclic) bond motifs is 1. The van der Waals surface area contributed by atoms with Crippen molar-refractivity contribution >= 4 is 23.2 Å². The van der Waals surface area contributed by atoms with Crippen molar-refractivity contribution < 1.29 is 4.79 Å². The average molecular weight is 279 g/mol. The summed E-state index contributed by atoms with van der Waals surface area (Å²) >= 11 is 5.92. The molecule has 0 aromatic heterocycles. The van der Waals surface area contributed by atoms with Crippen LogP contribution in [-0.4, -0.2) is 18.0 Å². The quantitative estimate of drug-likeness (QED) is 0.872. The van der Waals surface area contributed by atoms with Gasteiger partial charge in [0.2, 0.25) is 5.91 Å². The molecule has 0 spiro atoms. The van der Waals surface area contributed by atoms with Crippen molar-refractivity contribution in [2.45, 2.75) is 44.2 Å². The minimum absolute atomic E-state index is 0.0490. The molecule has 1 heterocycles. The third kappa shape index (κ3) is 2.93. The molecule has 3 nitrogen and oxygen atoms in total. The van der Waals surface area contributed by atoms with E-state index < -0.39 is 0 Å². The zero-order chi connectivity index (χ0) is 13.2. The van der Waals surface area contributed by atoms with Crippen molar-refractivity contribution in [1.82, 2.24) is 5.32 Å². The van der Waals surface area contributed by atoms with E-state index >= 15 is 0 Å². The van der Waals surface area contributed by atoms with Crippen LogP contribution in [0.25, 0.3) is 0 Å². The van der Waals surface area contributed by atoms with Gasteiger partial charge in [0.25, 0.3) is 0 Å². The largest absolute Gasteiger partial charge is 0.325 e. The van der Waals surface area contributed by atoms with Gasteiger partial charge in [-0.25, -0.2) is 0 Å². The highest BCUT2D eigenvalue weighted by Gasteiger charge is 2.38. The fourth-order valence-corrected chi connectivity index (χ4v) is 3.51. The highest BCUT2D eigenvalue weighted by Crippen LogP contribution is 2.33. The summed E-state index contributed by atoms with van der Waals surface area (Å²) in [5.74, 6) is 0.750. The fraction of sp³-hybridized carbons (Fsp3) is 0.533. The third-order valence-electron chi connectivity index (χ3n) is 4.27. The van der Waals surface area contributed by atoms with Crippen molar-refractivity contribution in [3.8, 4) is 0 Å². The van der Waals surface area contributed by atoms with Crippen LogP contribution in [0.1, 0.15) is 32.1 Å². The molecule has 1 saturated heterocycles. The van der Waals surface area contributed by atoms with Gasteiger partial charge in [0.15, 0.2) is 0 Å². The lowest BCUT2D eigenvalue weighted by Crippen LogP contribution is -2.39. The van der Waals surface area contributed by atoms with E-state index in [-0.39, 0.29) is 11.9 Å². The minimum Gasteiger partial charge on any atom is -0.325 e. The van der Waals surface area contributed by atoms with Crippen LogP contribution in [0.3, 0.4) is 0 Å². The summed E-state index contributed by atoms with van der Waals surface area (Å²) in [4.78, 5) is 12.3. The zero-order valence-electron chi connectivity index (χ0n) is 10.9. The highest BCUT2D eigenvalue weighted by molar-refractivity contribution is 6.30. The number of amides is 1. The second kappa shape index (κ2) is 5.51. The summed E-state index contributed by atoms with van der Waals surface area (Å²) in [5.41, 5.74) is 0.772. The molecule has 1 amide bonds. The van der Waals surface area contributed by atoms with Crippen LogP contribution >= 0.6 is 11.6 Å². The molecule has 3 atom stereocenters. The van der Waals surface area contributed by atoms with Gasteiger partial charge >= 0.3 is 0 Å². The highest BCUT2D eigenvalue weighted by atomic mass is 35.5. The predicted molar refractivity (Wildman–Crippen MR) is 77.4 cm³/mol. The number of nitrogens with one attached hydrogen (secondary N) is 2. The fourth-order valence-electron chi connectivity index (χ4n) is 3.32. The molecule has 1 saturated carbocycles. The predicted octanol–water partition coefficient (Wildman–Crippen LogP) is 3.20. The zero-order valence-corrected chi connectivity index (χ0v) is 11.6. The normalized spacial score (nSPS) is 29.8. The van der Waals surface area contributed by atoms with Crippen molar-refractivity contribution in [2.75, 3.05) is 5.32 Å². The molecule has 2 fully saturated rings. The average Bonchev–Trinajstić information content (AvgIpc) is 2.82. The second-order valence-electron chi connectivity index (χ2n) is 5.61. The van der Waals surface area contributed by atoms with E-state index in [0.29, 0.717) is 17.0 Å². The van der Waals surface area contributed by atoms with E-state index in [1.807, 2.05) is 12.1 Å².